The third-order valence-corrected chi connectivity index (χ3v) is 2.38. The Bertz CT molecular complexity index is 252. The zero-order valence-electron chi connectivity index (χ0n) is 9.42. The molecule has 0 heterocycles. The monoisotopic (exact) mass is 230 g/mol. The molecule has 0 aromatic rings. The Hall–Kier alpha value is -0.970. The van der Waals surface area contributed by atoms with Crippen LogP contribution in [0, 0.1) is 0 Å². The first-order valence-corrected chi connectivity index (χ1v) is 6.04. The fourth-order valence-electron chi connectivity index (χ4n) is 0.920. The van der Waals surface area contributed by atoms with Crippen LogP contribution in [0.2, 0.25) is 0 Å². The Kier molecular flexibility index (Phi) is 7.81. The van der Waals surface area contributed by atoms with Crippen LogP contribution >= 0.6 is 11.8 Å². The van der Waals surface area contributed by atoms with E-state index in [1.165, 1.54) is 17.8 Å². The molecule has 0 radical (unpaired) electrons. The summed E-state index contributed by atoms with van der Waals surface area (Å²) in [5.74, 6) is 0.359. The maximum atomic E-state index is 11.5. The Labute approximate surface area is 94.9 Å². The van der Waals surface area contributed by atoms with Gasteiger partial charge in [0.15, 0.2) is 0 Å². The predicted octanol–water partition coefficient (Wildman–Crippen LogP) is 0.896. The molecule has 0 unspecified atom stereocenters. The largest absolute Gasteiger partial charge is 0.353 e. The van der Waals surface area contributed by atoms with Crippen LogP contribution in [0.4, 0.5) is 0 Å². The molecule has 0 saturated heterocycles. The van der Waals surface area contributed by atoms with Crippen LogP contribution in [-0.2, 0) is 9.59 Å². The van der Waals surface area contributed by atoms with Gasteiger partial charge in [0.25, 0.3) is 5.91 Å². The van der Waals surface area contributed by atoms with Crippen molar-refractivity contribution in [3.8, 4) is 0 Å². The van der Waals surface area contributed by atoms with Gasteiger partial charge in [0, 0.05) is 19.2 Å². The van der Waals surface area contributed by atoms with E-state index in [-0.39, 0.29) is 11.8 Å². The van der Waals surface area contributed by atoms with E-state index in [4.69, 9.17) is 0 Å². The Morgan fingerprint density at radius 2 is 1.73 bits per heavy atom. The first-order valence-electron chi connectivity index (χ1n) is 5.06. The van der Waals surface area contributed by atoms with Gasteiger partial charge >= 0.3 is 0 Å². The van der Waals surface area contributed by atoms with Crippen molar-refractivity contribution in [3.05, 3.63) is 11.0 Å². The number of nitrogens with one attached hydrogen (secondary N) is 2. The van der Waals surface area contributed by atoms with Gasteiger partial charge in [-0.3, -0.25) is 9.59 Å². The third-order valence-electron chi connectivity index (χ3n) is 1.47. The number of likely N-dealkylation sites (N-methyl/N-ethyl adjacent to an activating group) is 2. The maximum Gasteiger partial charge on any atom is 0.257 e. The van der Waals surface area contributed by atoms with E-state index < -0.39 is 0 Å². The average molecular weight is 230 g/mol. The summed E-state index contributed by atoms with van der Waals surface area (Å²) in [6.07, 6.45) is 1.35. The highest BCUT2D eigenvalue weighted by Gasteiger charge is 2.09. The summed E-state index contributed by atoms with van der Waals surface area (Å²) < 4.78 is 0. The number of thioether (sulfide) groups is 1. The van der Waals surface area contributed by atoms with Crippen molar-refractivity contribution in [3.63, 3.8) is 0 Å². The molecule has 0 rings (SSSR count). The SMILES string of the molecule is CCNC(=O)/C=C(\SCC)C(=O)NCC. The third kappa shape index (κ3) is 6.17. The molecule has 0 aromatic heterocycles. The zero-order valence-corrected chi connectivity index (χ0v) is 10.2. The number of hydrogen-bond acceptors (Lipinski definition) is 3. The van der Waals surface area contributed by atoms with E-state index >= 15 is 0 Å². The van der Waals surface area contributed by atoms with E-state index in [1.54, 1.807) is 0 Å². The van der Waals surface area contributed by atoms with Gasteiger partial charge < -0.3 is 10.6 Å². The van der Waals surface area contributed by atoms with Gasteiger partial charge in [0.05, 0.1) is 4.91 Å². The summed E-state index contributed by atoms with van der Waals surface area (Å²) in [5, 5.41) is 5.29. The van der Waals surface area contributed by atoms with Crippen molar-refractivity contribution < 1.29 is 9.59 Å². The average Bonchev–Trinajstić information content (AvgIpc) is 2.18. The molecular weight excluding hydrogens is 212 g/mol. The second-order valence-corrected chi connectivity index (χ2v) is 4.00. The lowest BCUT2D eigenvalue weighted by Gasteiger charge is -2.05. The number of amides is 2. The minimum absolute atomic E-state index is 0.185. The van der Waals surface area contributed by atoms with Gasteiger partial charge in [-0.15, -0.1) is 11.8 Å². The molecule has 0 aromatic carbocycles. The van der Waals surface area contributed by atoms with Crippen LogP contribution in [0.25, 0.3) is 0 Å². The molecule has 15 heavy (non-hydrogen) atoms. The topological polar surface area (TPSA) is 58.2 Å². The lowest BCUT2D eigenvalue weighted by atomic mass is 10.4. The molecule has 0 atom stereocenters. The smallest absolute Gasteiger partial charge is 0.257 e. The molecule has 2 N–H and O–H groups in total. The van der Waals surface area contributed by atoms with Gasteiger partial charge in [-0.25, -0.2) is 0 Å². The Morgan fingerprint density at radius 1 is 1.13 bits per heavy atom. The number of hydrogen-bond donors (Lipinski definition) is 2. The van der Waals surface area contributed by atoms with Crippen molar-refractivity contribution in [2.24, 2.45) is 0 Å². The van der Waals surface area contributed by atoms with Crippen molar-refractivity contribution in [1.29, 1.82) is 0 Å². The first-order chi connectivity index (χ1) is 7.15. The van der Waals surface area contributed by atoms with E-state index in [0.717, 1.165) is 5.75 Å². The highest BCUT2D eigenvalue weighted by Crippen LogP contribution is 2.14. The molecule has 0 aliphatic carbocycles. The van der Waals surface area contributed by atoms with E-state index in [0.29, 0.717) is 18.0 Å². The summed E-state index contributed by atoms with van der Waals surface area (Å²) in [5.41, 5.74) is 0. The summed E-state index contributed by atoms with van der Waals surface area (Å²) in [4.78, 5) is 23.2. The highest BCUT2D eigenvalue weighted by molar-refractivity contribution is 8.04. The molecular formula is C10H18N2O2S. The molecule has 0 aliphatic heterocycles. The maximum absolute atomic E-state index is 11.5. The van der Waals surface area contributed by atoms with Gasteiger partial charge in [0.2, 0.25) is 5.91 Å². The second kappa shape index (κ2) is 8.35. The van der Waals surface area contributed by atoms with E-state index in [1.807, 2.05) is 20.8 Å². The van der Waals surface area contributed by atoms with Gasteiger partial charge in [-0.05, 0) is 19.6 Å². The normalized spacial score (nSPS) is 11.0. The minimum Gasteiger partial charge on any atom is -0.353 e. The predicted molar refractivity (Wildman–Crippen MR) is 63.6 cm³/mol. The molecule has 0 saturated carbocycles. The molecule has 2 amide bonds. The van der Waals surface area contributed by atoms with Crippen LogP contribution in [0.3, 0.4) is 0 Å². The molecule has 4 nitrogen and oxygen atoms in total. The lowest BCUT2D eigenvalue weighted by Crippen LogP contribution is -2.26. The quantitative estimate of drug-likeness (QED) is 0.666. The van der Waals surface area contributed by atoms with E-state index in [9.17, 15) is 9.59 Å². The van der Waals surface area contributed by atoms with Crippen LogP contribution in [-0.4, -0.2) is 30.7 Å². The molecule has 0 spiro atoms. The van der Waals surface area contributed by atoms with Crippen molar-refractivity contribution in [2.75, 3.05) is 18.8 Å². The van der Waals surface area contributed by atoms with Crippen LogP contribution in [0.5, 0.6) is 0 Å². The van der Waals surface area contributed by atoms with Crippen LogP contribution < -0.4 is 10.6 Å². The summed E-state index contributed by atoms with van der Waals surface area (Å²) >= 11 is 1.37. The van der Waals surface area contributed by atoms with Crippen LogP contribution in [0.1, 0.15) is 20.8 Å². The summed E-state index contributed by atoms with van der Waals surface area (Å²) in [6, 6.07) is 0. The molecule has 0 bridgehead atoms. The molecule has 5 heteroatoms. The van der Waals surface area contributed by atoms with Crippen molar-refractivity contribution >= 4 is 23.6 Å². The Balaban J connectivity index is 4.48. The van der Waals surface area contributed by atoms with Gasteiger partial charge in [0.1, 0.15) is 0 Å². The summed E-state index contributed by atoms with van der Waals surface area (Å²) in [6.45, 7) is 6.75. The summed E-state index contributed by atoms with van der Waals surface area (Å²) in [7, 11) is 0. The standard InChI is InChI=1S/C10H18N2O2S/c1-4-11-9(13)7-8(15-6-3)10(14)12-5-2/h7H,4-6H2,1-3H3,(H,11,13)(H,12,14)/b8-7-. The first kappa shape index (κ1) is 14.0. The second-order valence-electron chi connectivity index (χ2n) is 2.70. The molecule has 86 valence electrons. The van der Waals surface area contributed by atoms with Crippen LogP contribution in [0.15, 0.2) is 11.0 Å². The fourth-order valence-corrected chi connectivity index (χ4v) is 1.62. The number of rotatable bonds is 6. The minimum atomic E-state index is -0.222. The lowest BCUT2D eigenvalue weighted by molar-refractivity contribution is -0.118. The Morgan fingerprint density at radius 3 is 2.20 bits per heavy atom. The van der Waals surface area contributed by atoms with Crippen molar-refractivity contribution in [2.45, 2.75) is 20.8 Å². The molecule has 0 fully saturated rings. The van der Waals surface area contributed by atoms with Gasteiger partial charge in [-0.1, -0.05) is 6.92 Å². The van der Waals surface area contributed by atoms with Gasteiger partial charge in [-0.2, -0.15) is 0 Å². The number of carbonyl (C=O) groups is 2. The van der Waals surface area contributed by atoms with E-state index in [2.05, 4.69) is 10.6 Å². The fraction of sp³-hybridized carbons (Fsp3) is 0.600. The molecule has 0 aliphatic rings. The highest BCUT2D eigenvalue weighted by atomic mass is 32.2. The number of carbonyl (C=O) groups excluding carboxylic acids is 2. The van der Waals surface area contributed by atoms with Crippen molar-refractivity contribution in [1.82, 2.24) is 10.6 Å². The zero-order chi connectivity index (χ0) is 11.7.